The van der Waals surface area contributed by atoms with E-state index in [1.807, 2.05) is 60.7 Å². The van der Waals surface area contributed by atoms with Crippen LogP contribution in [0, 0.1) is 0 Å². The lowest BCUT2D eigenvalue weighted by atomic mass is 10.0. The number of ketones is 1. The van der Waals surface area contributed by atoms with E-state index in [-0.39, 0.29) is 5.78 Å². The fourth-order valence-electron chi connectivity index (χ4n) is 2.97. The van der Waals surface area contributed by atoms with Gasteiger partial charge in [-0.2, -0.15) is 0 Å². The van der Waals surface area contributed by atoms with Gasteiger partial charge >= 0.3 is 0 Å². The molecule has 2 nitrogen and oxygen atoms in total. The van der Waals surface area contributed by atoms with Gasteiger partial charge in [0.05, 0.1) is 15.8 Å². The van der Waals surface area contributed by atoms with Crippen molar-refractivity contribution in [3.05, 3.63) is 101 Å². The summed E-state index contributed by atoms with van der Waals surface area (Å²) in [5, 5.41) is 0.754. The Morgan fingerprint density at radius 1 is 0.926 bits per heavy atom. The van der Waals surface area contributed by atoms with Gasteiger partial charge in [-0.1, -0.05) is 73.7 Å². The summed E-state index contributed by atoms with van der Waals surface area (Å²) in [4.78, 5) is 18.0. The number of benzene rings is 3. The van der Waals surface area contributed by atoms with E-state index in [2.05, 4.69) is 31.2 Å². The highest BCUT2D eigenvalue weighted by atomic mass is 32.1. The maximum atomic E-state index is 13.2. The highest BCUT2D eigenvalue weighted by Crippen LogP contribution is 2.30. The summed E-state index contributed by atoms with van der Waals surface area (Å²) >= 11 is 1.56. The van der Waals surface area contributed by atoms with E-state index < -0.39 is 0 Å². The number of allylic oxidation sites excluding steroid dienone is 1. The average Bonchev–Trinajstić information content (AvgIpc) is 3.16. The molecule has 4 rings (SSSR count). The first-order valence-electron chi connectivity index (χ1n) is 9.01. The Morgan fingerprint density at radius 3 is 2.33 bits per heavy atom. The number of nitrogens with zero attached hydrogens (tertiary/aromatic N) is 1. The van der Waals surface area contributed by atoms with Gasteiger partial charge in [0, 0.05) is 5.56 Å². The number of fused-ring (bicyclic) bond motifs is 1. The molecular formula is C24H19NOS. The highest BCUT2D eigenvalue weighted by molar-refractivity contribution is 7.20. The third-order valence-electron chi connectivity index (χ3n) is 4.50. The summed E-state index contributed by atoms with van der Waals surface area (Å²) in [6.45, 7) is 2.14. The summed E-state index contributed by atoms with van der Waals surface area (Å²) in [6.07, 6.45) is 2.95. The Bertz CT molecular complexity index is 1080. The standard InChI is InChI=1S/C24H19NOS/c1-2-17-12-14-18(15-13-17)16-20(23(26)19-8-4-3-5-9-19)24-25-21-10-6-7-11-22(21)27-24/h3-16H,2H2,1H3. The summed E-state index contributed by atoms with van der Waals surface area (Å²) < 4.78 is 1.08. The monoisotopic (exact) mass is 369 g/mol. The van der Waals surface area contributed by atoms with Gasteiger partial charge in [-0.05, 0) is 35.8 Å². The van der Waals surface area contributed by atoms with Crippen molar-refractivity contribution in [3.8, 4) is 0 Å². The van der Waals surface area contributed by atoms with Crippen LogP contribution in [0.3, 0.4) is 0 Å². The summed E-state index contributed by atoms with van der Waals surface area (Å²) in [6, 6.07) is 25.7. The molecule has 0 aliphatic heterocycles. The molecule has 0 amide bonds. The van der Waals surface area contributed by atoms with Gasteiger partial charge in [-0.3, -0.25) is 4.79 Å². The Hall–Kier alpha value is -3.04. The van der Waals surface area contributed by atoms with E-state index in [1.165, 1.54) is 5.56 Å². The maximum Gasteiger partial charge on any atom is 0.196 e. The molecule has 1 aromatic heterocycles. The molecule has 0 aliphatic carbocycles. The fourth-order valence-corrected chi connectivity index (χ4v) is 3.95. The molecule has 0 atom stereocenters. The van der Waals surface area contributed by atoms with E-state index in [4.69, 9.17) is 4.98 Å². The Morgan fingerprint density at radius 2 is 1.63 bits per heavy atom. The maximum absolute atomic E-state index is 13.2. The first-order valence-corrected chi connectivity index (χ1v) is 9.82. The largest absolute Gasteiger partial charge is 0.288 e. The topological polar surface area (TPSA) is 30.0 Å². The van der Waals surface area contributed by atoms with Gasteiger partial charge in [0.25, 0.3) is 0 Å². The number of hydrogen-bond donors (Lipinski definition) is 0. The van der Waals surface area contributed by atoms with Crippen LogP contribution in [0.25, 0.3) is 21.9 Å². The van der Waals surface area contributed by atoms with Crippen LogP contribution in [-0.4, -0.2) is 10.8 Å². The Kier molecular flexibility index (Phi) is 4.95. The first-order chi connectivity index (χ1) is 13.2. The zero-order chi connectivity index (χ0) is 18.6. The number of thiazole rings is 1. The van der Waals surface area contributed by atoms with Crippen molar-refractivity contribution in [2.24, 2.45) is 0 Å². The van der Waals surface area contributed by atoms with Crippen LogP contribution < -0.4 is 0 Å². The third-order valence-corrected chi connectivity index (χ3v) is 5.57. The van der Waals surface area contributed by atoms with Crippen LogP contribution in [0.4, 0.5) is 0 Å². The molecule has 4 aromatic rings. The van der Waals surface area contributed by atoms with Gasteiger partial charge in [0.2, 0.25) is 0 Å². The second-order valence-electron chi connectivity index (χ2n) is 6.34. The third kappa shape index (κ3) is 3.74. The van der Waals surface area contributed by atoms with Gasteiger partial charge in [0.1, 0.15) is 5.01 Å². The molecule has 27 heavy (non-hydrogen) atoms. The molecule has 0 saturated carbocycles. The zero-order valence-electron chi connectivity index (χ0n) is 15.1. The summed E-state index contributed by atoms with van der Waals surface area (Å²) in [5.41, 5.74) is 4.51. The van der Waals surface area contributed by atoms with Crippen LogP contribution in [-0.2, 0) is 6.42 Å². The van der Waals surface area contributed by atoms with Crippen molar-refractivity contribution in [2.45, 2.75) is 13.3 Å². The second kappa shape index (κ2) is 7.68. The average molecular weight is 369 g/mol. The van der Waals surface area contributed by atoms with Crippen molar-refractivity contribution in [1.82, 2.24) is 4.98 Å². The van der Waals surface area contributed by atoms with Crippen molar-refractivity contribution in [1.29, 1.82) is 0 Å². The predicted molar refractivity (Wildman–Crippen MR) is 114 cm³/mol. The number of para-hydroxylation sites is 1. The minimum Gasteiger partial charge on any atom is -0.288 e. The number of aromatic nitrogens is 1. The molecule has 0 N–H and O–H groups in total. The van der Waals surface area contributed by atoms with E-state index in [0.29, 0.717) is 11.1 Å². The van der Waals surface area contributed by atoms with E-state index >= 15 is 0 Å². The molecule has 0 aliphatic rings. The molecule has 0 unspecified atom stereocenters. The van der Waals surface area contributed by atoms with Crippen LogP contribution >= 0.6 is 11.3 Å². The van der Waals surface area contributed by atoms with Gasteiger partial charge in [-0.15, -0.1) is 11.3 Å². The minimum atomic E-state index is -0.00535. The fraction of sp³-hybridized carbons (Fsp3) is 0.0833. The molecule has 3 aromatic carbocycles. The molecule has 0 spiro atoms. The smallest absolute Gasteiger partial charge is 0.196 e. The van der Waals surface area contributed by atoms with Crippen molar-refractivity contribution in [2.75, 3.05) is 0 Å². The van der Waals surface area contributed by atoms with Gasteiger partial charge in [0.15, 0.2) is 5.78 Å². The number of aryl methyl sites for hydroxylation is 1. The molecule has 132 valence electrons. The van der Waals surface area contributed by atoms with Crippen LogP contribution in [0.15, 0.2) is 78.9 Å². The van der Waals surface area contributed by atoms with Crippen LogP contribution in [0.2, 0.25) is 0 Å². The first kappa shape index (κ1) is 17.4. The SMILES string of the molecule is CCc1ccc(C=C(C(=O)c2ccccc2)c2nc3ccccc3s2)cc1. The quantitative estimate of drug-likeness (QED) is 0.306. The second-order valence-corrected chi connectivity index (χ2v) is 7.37. The Balaban J connectivity index is 1.83. The molecule has 0 radical (unpaired) electrons. The molecule has 0 saturated heterocycles. The lowest BCUT2D eigenvalue weighted by Gasteiger charge is -2.05. The highest BCUT2D eigenvalue weighted by Gasteiger charge is 2.18. The number of carbonyl (C=O) groups is 1. The molecule has 1 heterocycles. The van der Waals surface area contributed by atoms with Gasteiger partial charge < -0.3 is 0 Å². The number of rotatable bonds is 5. The van der Waals surface area contributed by atoms with Crippen molar-refractivity contribution >= 4 is 39.0 Å². The summed E-state index contributed by atoms with van der Waals surface area (Å²) in [7, 11) is 0. The van der Waals surface area contributed by atoms with E-state index in [1.54, 1.807) is 11.3 Å². The summed E-state index contributed by atoms with van der Waals surface area (Å²) in [5.74, 6) is -0.00535. The van der Waals surface area contributed by atoms with Crippen LogP contribution in [0.5, 0.6) is 0 Å². The predicted octanol–water partition coefficient (Wildman–Crippen LogP) is 6.28. The Labute approximate surface area is 162 Å². The van der Waals surface area contributed by atoms with Crippen molar-refractivity contribution in [3.63, 3.8) is 0 Å². The molecular weight excluding hydrogens is 350 g/mol. The number of hydrogen-bond acceptors (Lipinski definition) is 3. The van der Waals surface area contributed by atoms with Crippen LogP contribution in [0.1, 0.15) is 33.4 Å². The number of carbonyl (C=O) groups excluding carboxylic acids is 1. The van der Waals surface area contributed by atoms with Crippen molar-refractivity contribution < 1.29 is 4.79 Å². The molecule has 3 heteroatoms. The molecule has 0 fully saturated rings. The lowest BCUT2D eigenvalue weighted by molar-refractivity contribution is 0.105. The lowest BCUT2D eigenvalue weighted by Crippen LogP contribution is -2.02. The van der Waals surface area contributed by atoms with E-state index in [0.717, 1.165) is 27.2 Å². The normalized spacial score (nSPS) is 11.7. The minimum absolute atomic E-state index is 0.00535. The van der Waals surface area contributed by atoms with E-state index in [9.17, 15) is 4.79 Å². The number of Topliss-reactive ketones (excluding diaryl/α,β-unsaturated/α-hetero) is 1. The zero-order valence-corrected chi connectivity index (χ0v) is 15.9. The molecule has 0 bridgehead atoms. The van der Waals surface area contributed by atoms with Gasteiger partial charge in [-0.25, -0.2) is 4.98 Å².